The Morgan fingerprint density at radius 1 is 1.45 bits per heavy atom. The van der Waals surface area contributed by atoms with Crippen molar-refractivity contribution < 1.29 is 4.42 Å². The van der Waals surface area contributed by atoms with Crippen LogP contribution in [0.1, 0.15) is 32.4 Å². The molecule has 126 valence electrons. The van der Waals surface area contributed by atoms with Crippen LogP contribution >= 0.6 is 24.0 Å². The van der Waals surface area contributed by atoms with E-state index in [1.165, 1.54) is 25.9 Å². The number of hydrogen-bond acceptors (Lipinski definition) is 3. The summed E-state index contributed by atoms with van der Waals surface area (Å²) >= 11 is 0. The molecule has 1 saturated heterocycles. The van der Waals surface area contributed by atoms with Gasteiger partial charge >= 0.3 is 0 Å². The number of furan rings is 1. The average molecular weight is 420 g/mol. The number of halogens is 1. The Labute approximate surface area is 150 Å². The lowest BCUT2D eigenvalue weighted by Crippen LogP contribution is -2.43. The van der Waals surface area contributed by atoms with E-state index in [0.717, 1.165) is 37.3 Å². The third kappa shape index (κ3) is 7.00. The van der Waals surface area contributed by atoms with Crippen LogP contribution in [0.4, 0.5) is 0 Å². The second kappa shape index (κ2) is 10.9. The third-order valence-electron chi connectivity index (χ3n) is 3.78. The fourth-order valence-electron chi connectivity index (χ4n) is 2.72. The van der Waals surface area contributed by atoms with Gasteiger partial charge in [-0.3, -0.25) is 0 Å². The van der Waals surface area contributed by atoms with Crippen LogP contribution in [-0.2, 0) is 6.54 Å². The Bertz CT molecular complexity index is 422. The topological polar surface area (TPSA) is 52.8 Å². The Morgan fingerprint density at radius 3 is 3.00 bits per heavy atom. The van der Waals surface area contributed by atoms with Crippen LogP contribution in [0, 0.1) is 5.92 Å². The van der Waals surface area contributed by atoms with Gasteiger partial charge < -0.3 is 20.0 Å². The van der Waals surface area contributed by atoms with Gasteiger partial charge in [0.15, 0.2) is 5.96 Å². The lowest BCUT2D eigenvalue weighted by atomic mass is 10.0. The highest BCUT2D eigenvalue weighted by molar-refractivity contribution is 14.0. The zero-order valence-corrected chi connectivity index (χ0v) is 16.0. The minimum absolute atomic E-state index is 0. The van der Waals surface area contributed by atoms with Crippen molar-refractivity contribution in [2.45, 2.75) is 33.2 Å². The van der Waals surface area contributed by atoms with Crippen molar-refractivity contribution in [3.05, 3.63) is 24.2 Å². The smallest absolute Gasteiger partial charge is 0.191 e. The fourth-order valence-corrected chi connectivity index (χ4v) is 2.72. The number of piperidine rings is 1. The van der Waals surface area contributed by atoms with Crippen LogP contribution in [0.15, 0.2) is 27.8 Å². The van der Waals surface area contributed by atoms with Gasteiger partial charge in [0.25, 0.3) is 0 Å². The van der Waals surface area contributed by atoms with Crippen molar-refractivity contribution >= 4 is 29.9 Å². The highest BCUT2D eigenvalue weighted by Crippen LogP contribution is 2.14. The number of likely N-dealkylation sites (tertiary alicyclic amines) is 1. The highest BCUT2D eigenvalue weighted by atomic mass is 127. The van der Waals surface area contributed by atoms with Gasteiger partial charge in [0.1, 0.15) is 12.3 Å². The lowest BCUT2D eigenvalue weighted by molar-refractivity contribution is 0.187. The zero-order chi connectivity index (χ0) is 14.9. The third-order valence-corrected chi connectivity index (χ3v) is 3.78. The van der Waals surface area contributed by atoms with E-state index in [9.17, 15) is 0 Å². The fraction of sp³-hybridized carbons (Fsp3) is 0.688. The molecule has 2 N–H and O–H groups in total. The van der Waals surface area contributed by atoms with Crippen LogP contribution < -0.4 is 10.6 Å². The van der Waals surface area contributed by atoms with Crippen molar-refractivity contribution in [2.24, 2.45) is 10.9 Å². The Kier molecular flexibility index (Phi) is 9.54. The molecule has 2 rings (SSSR count). The maximum Gasteiger partial charge on any atom is 0.191 e. The van der Waals surface area contributed by atoms with E-state index in [1.807, 2.05) is 12.1 Å². The van der Waals surface area contributed by atoms with E-state index < -0.39 is 0 Å². The molecule has 0 amide bonds. The lowest BCUT2D eigenvalue weighted by Gasteiger charge is -2.30. The summed E-state index contributed by atoms with van der Waals surface area (Å²) < 4.78 is 5.30. The van der Waals surface area contributed by atoms with Crippen molar-refractivity contribution in [3.63, 3.8) is 0 Å². The summed E-state index contributed by atoms with van der Waals surface area (Å²) in [6.07, 6.45) is 4.38. The minimum atomic E-state index is 0. The second-order valence-electron chi connectivity index (χ2n) is 5.75. The molecule has 0 aromatic carbocycles. The predicted octanol–water partition coefficient (Wildman–Crippen LogP) is 2.68. The van der Waals surface area contributed by atoms with Crippen molar-refractivity contribution in [2.75, 3.05) is 32.7 Å². The maximum absolute atomic E-state index is 5.30. The maximum atomic E-state index is 5.30. The molecule has 2 heterocycles. The molecule has 0 aliphatic carbocycles. The quantitative estimate of drug-likeness (QED) is 0.422. The van der Waals surface area contributed by atoms with E-state index in [0.29, 0.717) is 6.54 Å². The Morgan fingerprint density at radius 2 is 2.32 bits per heavy atom. The molecule has 6 heteroatoms. The van der Waals surface area contributed by atoms with Gasteiger partial charge in [-0.25, -0.2) is 4.99 Å². The number of rotatable bonds is 6. The summed E-state index contributed by atoms with van der Waals surface area (Å²) in [6, 6.07) is 3.84. The molecule has 1 aromatic heterocycles. The molecule has 22 heavy (non-hydrogen) atoms. The number of aliphatic imine (C=N–C) groups is 1. The zero-order valence-electron chi connectivity index (χ0n) is 13.7. The van der Waals surface area contributed by atoms with E-state index in [1.54, 1.807) is 6.26 Å². The molecule has 1 aliphatic heterocycles. The van der Waals surface area contributed by atoms with Gasteiger partial charge in [-0.05, 0) is 44.4 Å². The predicted molar refractivity (Wildman–Crippen MR) is 102 cm³/mol. The normalized spacial score (nSPS) is 19.5. The molecule has 1 aliphatic rings. The number of nitrogens with zero attached hydrogens (tertiary/aromatic N) is 2. The number of hydrogen-bond donors (Lipinski definition) is 2. The molecule has 1 fully saturated rings. The SMILES string of the molecule is CCNC(=NCc1ccco1)NCCN1CCCC(C)C1.I. The van der Waals surface area contributed by atoms with Crippen LogP contribution in [0.5, 0.6) is 0 Å². The molecule has 0 saturated carbocycles. The Hall–Kier alpha value is -0.760. The van der Waals surface area contributed by atoms with Gasteiger partial charge in [-0.15, -0.1) is 24.0 Å². The summed E-state index contributed by atoms with van der Waals surface area (Å²) in [7, 11) is 0. The van der Waals surface area contributed by atoms with Crippen molar-refractivity contribution in [3.8, 4) is 0 Å². The van der Waals surface area contributed by atoms with Gasteiger partial charge in [-0.1, -0.05) is 6.92 Å². The monoisotopic (exact) mass is 420 g/mol. The highest BCUT2D eigenvalue weighted by Gasteiger charge is 2.15. The summed E-state index contributed by atoms with van der Waals surface area (Å²) in [4.78, 5) is 7.07. The number of nitrogens with one attached hydrogen (secondary N) is 2. The molecule has 1 aromatic rings. The van der Waals surface area contributed by atoms with E-state index in [2.05, 4.69) is 34.4 Å². The molecular weight excluding hydrogens is 391 g/mol. The molecule has 0 bridgehead atoms. The average Bonchev–Trinajstić information content (AvgIpc) is 2.98. The van der Waals surface area contributed by atoms with E-state index in [-0.39, 0.29) is 24.0 Å². The van der Waals surface area contributed by atoms with Gasteiger partial charge in [0.05, 0.1) is 6.26 Å². The van der Waals surface area contributed by atoms with E-state index in [4.69, 9.17) is 4.42 Å². The molecule has 5 nitrogen and oxygen atoms in total. The first-order valence-electron chi connectivity index (χ1n) is 8.05. The first-order chi connectivity index (χ1) is 10.3. The van der Waals surface area contributed by atoms with Crippen LogP contribution in [-0.4, -0.2) is 43.6 Å². The molecule has 1 unspecified atom stereocenters. The van der Waals surface area contributed by atoms with Gasteiger partial charge in [-0.2, -0.15) is 0 Å². The molecule has 1 atom stereocenters. The summed E-state index contributed by atoms with van der Waals surface area (Å²) in [5.41, 5.74) is 0. The first-order valence-corrected chi connectivity index (χ1v) is 8.05. The molecule has 0 radical (unpaired) electrons. The summed E-state index contributed by atoms with van der Waals surface area (Å²) in [6.45, 7) is 10.3. The Balaban J connectivity index is 0.00000242. The first kappa shape index (κ1) is 19.3. The van der Waals surface area contributed by atoms with Crippen LogP contribution in [0.2, 0.25) is 0 Å². The van der Waals surface area contributed by atoms with Gasteiger partial charge in [0, 0.05) is 26.2 Å². The largest absolute Gasteiger partial charge is 0.467 e. The molecular formula is C16H29IN4O. The molecule has 0 spiro atoms. The van der Waals surface area contributed by atoms with Gasteiger partial charge in [0.2, 0.25) is 0 Å². The standard InChI is InChI=1S/C16H28N4O.HI/c1-3-17-16(19-12-15-7-5-11-21-15)18-8-10-20-9-4-6-14(2)13-20;/h5,7,11,14H,3-4,6,8-10,12-13H2,1-2H3,(H2,17,18,19);1H. The summed E-state index contributed by atoms with van der Waals surface area (Å²) in [5.74, 6) is 2.58. The minimum Gasteiger partial charge on any atom is -0.467 e. The van der Waals surface area contributed by atoms with E-state index >= 15 is 0 Å². The van der Waals surface area contributed by atoms with Crippen molar-refractivity contribution in [1.82, 2.24) is 15.5 Å². The van der Waals surface area contributed by atoms with Crippen molar-refractivity contribution in [1.29, 1.82) is 0 Å². The second-order valence-corrected chi connectivity index (χ2v) is 5.75. The number of guanidine groups is 1. The summed E-state index contributed by atoms with van der Waals surface area (Å²) in [5, 5.41) is 6.67. The van der Waals surface area contributed by atoms with Crippen LogP contribution in [0.3, 0.4) is 0 Å². The van der Waals surface area contributed by atoms with Crippen LogP contribution in [0.25, 0.3) is 0 Å².